The SMILES string of the molecule is C=C(CCn1cnc(C)c1)Nc1nc2n(n1)CCCCC2c1cccc(Cl)c1. The van der Waals surface area contributed by atoms with Gasteiger partial charge in [0.2, 0.25) is 5.95 Å². The normalized spacial score (nSPS) is 16.4. The number of aromatic nitrogens is 5. The van der Waals surface area contributed by atoms with Crippen molar-refractivity contribution in [3.8, 4) is 0 Å². The van der Waals surface area contributed by atoms with E-state index in [2.05, 4.69) is 32.6 Å². The van der Waals surface area contributed by atoms with Crippen molar-refractivity contribution in [2.24, 2.45) is 0 Å². The predicted molar refractivity (Wildman–Crippen MR) is 112 cm³/mol. The first-order chi connectivity index (χ1) is 13.6. The van der Waals surface area contributed by atoms with Crippen LogP contribution in [0.3, 0.4) is 0 Å². The Morgan fingerprint density at radius 3 is 3.04 bits per heavy atom. The van der Waals surface area contributed by atoms with Crippen LogP contribution in [0.5, 0.6) is 0 Å². The van der Waals surface area contributed by atoms with E-state index in [-0.39, 0.29) is 5.92 Å². The van der Waals surface area contributed by atoms with Gasteiger partial charge in [0.1, 0.15) is 5.82 Å². The van der Waals surface area contributed by atoms with Gasteiger partial charge >= 0.3 is 0 Å². The molecular formula is C21H25ClN6. The Morgan fingerprint density at radius 2 is 2.25 bits per heavy atom. The summed E-state index contributed by atoms with van der Waals surface area (Å²) in [5, 5.41) is 8.73. The van der Waals surface area contributed by atoms with Crippen molar-refractivity contribution in [1.82, 2.24) is 24.3 Å². The monoisotopic (exact) mass is 396 g/mol. The second-order valence-corrected chi connectivity index (χ2v) is 7.79. The van der Waals surface area contributed by atoms with Crippen LogP contribution >= 0.6 is 11.6 Å². The number of aryl methyl sites for hydroxylation is 3. The molecule has 1 atom stereocenters. The average Bonchev–Trinajstić information content (AvgIpc) is 3.21. The fourth-order valence-corrected chi connectivity index (χ4v) is 3.89. The highest BCUT2D eigenvalue weighted by Gasteiger charge is 2.24. The molecule has 1 aliphatic heterocycles. The van der Waals surface area contributed by atoms with Crippen LogP contribution < -0.4 is 5.32 Å². The van der Waals surface area contributed by atoms with Gasteiger partial charge in [-0.3, -0.25) is 0 Å². The molecule has 7 heteroatoms. The van der Waals surface area contributed by atoms with Gasteiger partial charge in [-0.2, -0.15) is 4.98 Å². The number of rotatable bonds is 6. The van der Waals surface area contributed by atoms with Gasteiger partial charge in [-0.25, -0.2) is 9.67 Å². The lowest BCUT2D eigenvalue weighted by atomic mass is 9.94. The molecule has 0 aliphatic carbocycles. The molecule has 146 valence electrons. The molecule has 1 aromatic carbocycles. The van der Waals surface area contributed by atoms with Gasteiger partial charge in [0, 0.05) is 42.3 Å². The molecule has 1 unspecified atom stereocenters. The summed E-state index contributed by atoms with van der Waals surface area (Å²) in [5.41, 5.74) is 3.11. The van der Waals surface area contributed by atoms with E-state index in [0.717, 1.165) is 61.0 Å². The fourth-order valence-electron chi connectivity index (χ4n) is 3.69. The van der Waals surface area contributed by atoms with Crippen LogP contribution in [-0.2, 0) is 13.1 Å². The zero-order valence-electron chi connectivity index (χ0n) is 16.1. The minimum absolute atomic E-state index is 0.214. The number of hydrogen-bond donors (Lipinski definition) is 1. The molecule has 0 spiro atoms. The van der Waals surface area contributed by atoms with Crippen LogP contribution in [0.1, 0.15) is 48.7 Å². The summed E-state index contributed by atoms with van der Waals surface area (Å²) in [7, 11) is 0. The summed E-state index contributed by atoms with van der Waals surface area (Å²) in [6, 6.07) is 8.07. The molecule has 1 aliphatic rings. The standard InChI is InChI=1S/C21H25ClN6/c1-15(9-11-27-13-16(2)23-14-27)24-21-25-20-19(8-3-4-10-28(20)26-21)17-6-5-7-18(22)12-17/h5-7,12-14,19H,1,3-4,8-11H2,2H3,(H,24,26). The second-order valence-electron chi connectivity index (χ2n) is 7.35. The summed E-state index contributed by atoms with van der Waals surface area (Å²) >= 11 is 6.22. The zero-order valence-corrected chi connectivity index (χ0v) is 16.9. The first-order valence-corrected chi connectivity index (χ1v) is 10.1. The third kappa shape index (κ3) is 4.28. The quantitative estimate of drug-likeness (QED) is 0.652. The van der Waals surface area contributed by atoms with E-state index >= 15 is 0 Å². The van der Waals surface area contributed by atoms with Crippen molar-refractivity contribution in [3.05, 3.63) is 71.2 Å². The van der Waals surface area contributed by atoms with Crippen LogP contribution in [0.15, 0.2) is 49.1 Å². The molecular weight excluding hydrogens is 372 g/mol. The van der Waals surface area contributed by atoms with Gasteiger partial charge in [-0.1, -0.05) is 36.7 Å². The van der Waals surface area contributed by atoms with E-state index in [4.69, 9.17) is 16.6 Å². The molecule has 0 radical (unpaired) electrons. The van der Waals surface area contributed by atoms with E-state index in [1.165, 1.54) is 5.56 Å². The van der Waals surface area contributed by atoms with Crippen molar-refractivity contribution in [2.75, 3.05) is 5.32 Å². The Balaban J connectivity index is 1.48. The van der Waals surface area contributed by atoms with Crippen molar-refractivity contribution in [3.63, 3.8) is 0 Å². The lowest BCUT2D eigenvalue weighted by Crippen LogP contribution is -2.08. The number of fused-ring (bicyclic) bond motifs is 1. The summed E-state index contributed by atoms with van der Waals surface area (Å²) < 4.78 is 4.10. The number of nitrogens with one attached hydrogen (secondary N) is 1. The molecule has 0 bridgehead atoms. The van der Waals surface area contributed by atoms with Crippen LogP contribution in [-0.4, -0.2) is 24.3 Å². The molecule has 0 saturated carbocycles. The first-order valence-electron chi connectivity index (χ1n) is 9.72. The molecule has 0 amide bonds. The summed E-state index contributed by atoms with van der Waals surface area (Å²) in [6.45, 7) is 7.84. The molecule has 0 fully saturated rings. The fraction of sp³-hybridized carbons (Fsp3) is 0.381. The molecule has 3 aromatic rings. The third-order valence-electron chi connectivity index (χ3n) is 5.10. The van der Waals surface area contributed by atoms with E-state index < -0.39 is 0 Å². The van der Waals surface area contributed by atoms with Gasteiger partial charge in [0.05, 0.1) is 12.0 Å². The lowest BCUT2D eigenvalue weighted by molar-refractivity contribution is 0.575. The smallest absolute Gasteiger partial charge is 0.246 e. The van der Waals surface area contributed by atoms with Crippen molar-refractivity contribution < 1.29 is 0 Å². The maximum Gasteiger partial charge on any atom is 0.246 e. The van der Waals surface area contributed by atoms with Crippen molar-refractivity contribution in [1.29, 1.82) is 0 Å². The van der Waals surface area contributed by atoms with Crippen molar-refractivity contribution >= 4 is 17.5 Å². The summed E-state index contributed by atoms with van der Waals surface area (Å²) in [5.74, 6) is 1.84. The molecule has 1 N–H and O–H groups in total. The molecule has 3 heterocycles. The largest absolute Gasteiger partial charge is 0.337 e. The molecule has 4 rings (SSSR count). The number of hydrogen-bond acceptors (Lipinski definition) is 4. The highest BCUT2D eigenvalue weighted by molar-refractivity contribution is 6.30. The number of halogens is 1. The average molecular weight is 397 g/mol. The van der Waals surface area contributed by atoms with E-state index in [0.29, 0.717) is 5.95 Å². The number of benzene rings is 1. The number of nitrogens with zero attached hydrogens (tertiary/aromatic N) is 5. The Morgan fingerprint density at radius 1 is 1.36 bits per heavy atom. The number of allylic oxidation sites excluding steroid dienone is 1. The van der Waals surface area contributed by atoms with Gasteiger partial charge in [0.15, 0.2) is 0 Å². The van der Waals surface area contributed by atoms with Crippen LogP contribution in [0.4, 0.5) is 5.95 Å². The van der Waals surface area contributed by atoms with Gasteiger partial charge in [-0.15, -0.1) is 5.10 Å². The molecule has 6 nitrogen and oxygen atoms in total. The number of imidazole rings is 1. The Bertz CT molecular complexity index is 973. The second kappa shape index (κ2) is 8.19. The maximum absolute atomic E-state index is 6.22. The Hall–Kier alpha value is -2.60. The van der Waals surface area contributed by atoms with Gasteiger partial charge in [0.25, 0.3) is 0 Å². The van der Waals surface area contributed by atoms with Crippen molar-refractivity contribution in [2.45, 2.75) is 51.6 Å². The van der Waals surface area contributed by atoms with Crippen LogP contribution in [0.2, 0.25) is 5.02 Å². The topological polar surface area (TPSA) is 60.6 Å². The predicted octanol–water partition coefficient (Wildman–Crippen LogP) is 4.77. The molecule has 28 heavy (non-hydrogen) atoms. The summed E-state index contributed by atoms with van der Waals surface area (Å²) in [4.78, 5) is 9.07. The Kier molecular flexibility index (Phi) is 5.48. The third-order valence-corrected chi connectivity index (χ3v) is 5.33. The minimum atomic E-state index is 0.214. The van der Waals surface area contributed by atoms with E-state index in [1.54, 1.807) is 0 Å². The van der Waals surface area contributed by atoms with Crippen LogP contribution in [0, 0.1) is 6.92 Å². The maximum atomic E-state index is 6.22. The molecule has 2 aromatic heterocycles. The van der Waals surface area contributed by atoms with E-state index in [9.17, 15) is 0 Å². The highest BCUT2D eigenvalue weighted by Crippen LogP contribution is 2.33. The lowest BCUT2D eigenvalue weighted by Gasteiger charge is -2.14. The van der Waals surface area contributed by atoms with Gasteiger partial charge in [-0.05, 0) is 37.5 Å². The first kappa shape index (κ1) is 18.7. The highest BCUT2D eigenvalue weighted by atomic mass is 35.5. The van der Waals surface area contributed by atoms with E-state index in [1.807, 2.05) is 42.3 Å². The van der Waals surface area contributed by atoms with Gasteiger partial charge < -0.3 is 9.88 Å². The number of anilines is 1. The van der Waals surface area contributed by atoms with Crippen LogP contribution in [0.25, 0.3) is 0 Å². The summed E-state index contributed by atoms with van der Waals surface area (Å²) in [6.07, 6.45) is 7.97. The minimum Gasteiger partial charge on any atom is -0.337 e. The Labute approximate surface area is 170 Å². The molecule has 0 saturated heterocycles. The zero-order chi connectivity index (χ0) is 19.5.